The summed E-state index contributed by atoms with van der Waals surface area (Å²) in [6.45, 7) is 2.64. The van der Waals surface area contributed by atoms with Crippen molar-refractivity contribution >= 4 is 0 Å². The molecule has 0 spiro atoms. The lowest BCUT2D eigenvalue weighted by Gasteiger charge is -2.11. The van der Waals surface area contributed by atoms with Crippen LogP contribution in [0.5, 0.6) is 5.75 Å². The number of ether oxygens (including phenoxy) is 1. The Hall–Kier alpha value is -1.87. The van der Waals surface area contributed by atoms with E-state index in [9.17, 15) is 0 Å². The number of benzene rings is 1. The molecule has 2 rings (SSSR count). The summed E-state index contributed by atoms with van der Waals surface area (Å²) in [5.41, 5.74) is 8.26. The maximum Gasteiger partial charge on any atom is 0.120 e. The zero-order valence-corrected chi connectivity index (χ0v) is 11.3. The van der Waals surface area contributed by atoms with E-state index in [-0.39, 0.29) is 6.04 Å². The molecule has 1 atom stereocenters. The maximum atomic E-state index is 5.97. The molecular weight excluding hydrogens is 236 g/mol. The molecule has 1 aromatic carbocycles. The smallest absolute Gasteiger partial charge is 0.120 e. The highest BCUT2D eigenvalue weighted by Crippen LogP contribution is 2.16. The predicted molar refractivity (Wildman–Crippen MR) is 77.0 cm³/mol. The fourth-order valence-electron chi connectivity index (χ4n) is 1.86. The molecule has 0 amide bonds. The van der Waals surface area contributed by atoms with Gasteiger partial charge >= 0.3 is 0 Å². The van der Waals surface area contributed by atoms with E-state index in [4.69, 9.17) is 10.5 Å². The molecule has 1 aromatic heterocycles. The van der Waals surface area contributed by atoms with Crippen molar-refractivity contribution in [2.24, 2.45) is 5.73 Å². The third kappa shape index (κ3) is 4.38. The van der Waals surface area contributed by atoms with E-state index in [0.29, 0.717) is 6.61 Å². The highest BCUT2D eigenvalue weighted by atomic mass is 16.5. The van der Waals surface area contributed by atoms with Crippen LogP contribution in [0.3, 0.4) is 0 Å². The fraction of sp³-hybridized carbons (Fsp3) is 0.312. The molecule has 0 fully saturated rings. The van der Waals surface area contributed by atoms with Crippen molar-refractivity contribution in [1.82, 2.24) is 4.98 Å². The zero-order valence-electron chi connectivity index (χ0n) is 11.3. The van der Waals surface area contributed by atoms with Crippen LogP contribution in [0.25, 0.3) is 0 Å². The summed E-state index contributed by atoms with van der Waals surface area (Å²) < 4.78 is 5.77. The van der Waals surface area contributed by atoms with Crippen molar-refractivity contribution in [3.05, 3.63) is 59.9 Å². The molecule has 0 radical (unpaired) electrons. The molecule has 1 unspecified atom stereocenters. The van der Waals surface area contributed by atoms with Crippen molar-refractivity contribution < 1.29 is 4.74 Å². The molecule has 2 aromatic rings. The summed E-state index contributed by atoms with van der Waals surface area (Å²) in [5, 5.41) is 0. The van der Waals surface area contributed by atoms with E-state index in [1.165, 1.54) is 5.56 Å². The summed E-state index contributed by atoms with van der Waals surface area (Å²) in [7, 11) is 0. The molecule has 100 valence electrons. The summed E-state index contributed by atoms with van der Waals surface area (Å²) in [5.74, 6) is 0.879. The van der Waals surface area contributed by atoms with Crippen LogP contribution in [0, 0.1) is 0 Å². The lowest BCUT2D eigenvalue weighted by atomic mass is 10.0. The lowest BCUT2D eigenvalue weighted by molar-refractivity contribution is 0.305. The molecule has 0 aliphatic rings. The molecule has 0 aliphatic heterocycles. The predicted octanol–water partition coefficient (Wildman–Crippen LogP) is 2.94. The average Bonchev–Trinajstić information content (AvgIpc) is 2.46. The fourth-order valence-corrected chi connectivity index (χ4v) is 1.86. The number of pyridine rings is 1. The van der Waals surface area contributed by atoms with Gasteiger partial charge in [0, 0.05) is 24.0 Å². The average molecular weight is 256 g/mol. The van der Waals surface area contributed by atoms with Gasteiger partial charge in [-0.2, -0.15) is 0 Å². The Morgan fingerprint density at radius 1 is 1.21 bits per heavy atom. The topological polar surface area (TPSA) is 48.1 Å². The second kappa shape index (κ2) is 6.90. The standard InChI is InChI=1S/C16H20N2O/c1-2-15(17)9-13-5-3-7-16(10-13)19-12-14-6-4-8-18-11-14/h3-8,10-11,15H,2,9,12,17H2,1H3. The highest BCUT2D eigenvalue weighted by molar-refractivity contribution is 5.29. The monoisotopic (exact) mass is 256 g/mol. The normalized spacial score (nSPS) is 12.1. The van der Waals surface area contributed by atoms with Crippen LogP contribution in [-0.4, -0.2) is 11.0 Å². The van der Waals surface area contributed by atoms with Crippen LogP contribution in [0.2, 0.25) is 0 Å². The third-order valence-corrected chi connectivity index (χ3v) is 3.05. The van der Waals surface area contributed by atoms with Crippen LogP contribution in [-0.2, 0) is 13.0 Å². The van der Waals surface area contributed by atoms with Crippen molar-refractivity contribution in [3.8, 4) is 5.75 Å². The maximum absolute atomic E-state index is 5.97. The minimum Gasteiger partial charge on any atom is -0.489 e. The summed E-state index contributed by atoms with van der Waals surface area (Å²) in [6.07, 6.45) is 5.45. The van der Waals surface area contributed by atoms with Gasteiger partial charge in [0.2, 0.25) is 0 Å². The quantitative estimate of drug-likeness (QED) is 0.864. The van der Waals surface area contributed by atoms with Gasteiger partial charge in [-0.05, 0) is 36.6 Å². The summed E-state index contributed by atoms with van der Waals surface area (Å²) >= 11 is 0. The van der Waals surface area contributed by atoms with Gasteiger partial charge in [0.25, 0.3) is 0 Å². The molecule has 1 heterocycles. The van der Waals surface area contributed by atoms with Crippen molar-refractivity contribution in [2.45, 2.75) is 32.4 Å². The molecule has 19 heavy (non-hydrogen) atoms. The molecule has 2 N–H and O–H groups in total. The molecule has 0 bridgehead atoms. The second-order valence-corrected chi connectivity index (χ2v) is 4.67. The number of rotatable bonds is 6. The van der Waals surface area contributed by atoms with Gasteiger partial charge in [0.15, 0.2) is 0 Å². The Bertz CT molecular complexity index is 499. The Morgan fingerprint density at radius 2 is 2.05 bits per heavy atom. The van der Waals surface area contributed by atoms with Crippen LogP contribution in [0.4, 0.5) is 0 Å². The Kier molecular flexibility index (Phi) is 4.93. The first-order valence-electron chi connectivity index (χ1n) is 6.64. The van der Waals surface area contributed by atoms with E-state index in [0.717, 1.165) is 24.2 Å². The SMILES string of the molecule is CCC(N)Cc1cccc(OCc2cccnc2)c1. The first kappa shape index (κ1) is 13.6. The molecule has 0 aliphatic carbocycles. The minimum atomic E-state index is 0.216. The number of nitrogens with two attached hydrogens (primary N) is 1. The van der Waals surface area contributed by atoms with Gasteiger partial charge in [0.05, 0.1) is 0 Å². The first-order valence-corrected chi connectivity index (χ1v) is 6.64. The van der Waals surface area contributed by atoms with Gasteiger partial charge in [-0.3, -0.25) is 4.98 Å². The first-order chi connectivity index (χ1) is 9.28. The highest BCUT2D eigenvalue weighted by Gasteiger charge is 2.03. The summed E-state index contributed by atoms with van der Waals surface area (Å²) in [4.78, 5) is 4.07. The lowest BCUT2D eigenvalue weighted by Crippen LogP contribution is -2.21. The number of nitrogens with zero attached hydrogens (tertiary/aromatic N) is 1. The van der Waals surface area contributed by atoms with Gasteiger partial charge < -0.3 is 10.5 Å². The van der Waals surface area contributed by atoms with Gasteiger partial charge in [-0.25, -0.2) is 0 Å². The minimum absolute atomic E-state index is 0.216. The Labute approximate surface area is 114 Å². The molecular formula is C16H20N2O. The molecule has 3 heteroatoms. The molecule has 3 nitrogen and oxygen atoms in total. The van der Waals surface area contributed by atoms with E-state index in [1.54, 1.807) is 6.20 Å². The van der Waals surface area contributed by atoms with Gasteiger partial charge in [-0.15, -0.1) is 0 Å². The van der Waals surface area contributed by atoms with Crippen LogP contribution in [0.1, 0.15) is 24.5 Å². The zero-order chi connectivity index (χ0) is 13.5. The largest absolute Gasteiger partial charge is 0.489 e. The van der Waals surface area contributed by atoms with Crippen molar-refractivity contribution in [2.75, 3.05) is 0 Å². The number of aromatic nitrogens is 1. The molecule has 0 saturated carbocycles. The van der Waals surface area contributed by atoms with E-state index >= 15 is 0 Å². The van der Waals surface area contributed by atoms with Crippen LogP contribution < -0.4 is 10.5 Å². The van der Waals surface area contributed by atoms with E-state index in [2.05, 4.69) is 24.0 Å². The summed E-state index contributed by atoms with van der Waals surface area (Å²) in [6, 6.07) is 12.3. The Morgan fingerprint density at radius 3 is 2.79 bits per heavy atom. The number of hydrogen-bond donors (Lipinski definition) is 1. The van der Waals surface area contributed by atoms with E-state index < -0.39 is 0 Å². The second-order valence-electron chi connectivity index (χ2n) is 4.67. The van der Waals surface area contributed by atoms with E-state index in [1.807, 2.05) is 30.5 Å². The van der Waals surface area contributed by atoms with Crippen LogP contribution in [0.15, 0.2) is 48.8 Å². The van der Waals surface area contributed by atoms with Gasteiger partial charge in [0.1, 0.15) is 12.4 Å². The van der Waals surface area contributed by atoms with Crippen molar-refractivity contribution in [1.29, 1.82) is 0 Å². The molecule has 0 saturated heterocycles. The van der Waals surface area contributed by atoms with Gasteiger partial charge in [-0.1, -0.05) is 25.1 Å². The third-order valence-electron chi connectivity index (χ3n) is 3.05. The van der Waals surface area contributed by atoms with Crippen molar-refractivity contribution in [3.63, 3.8) is 0 Å². The Balaban J connectivity index is 1.95. The van der Waals surface area contributed by atoms with Crippen LogP contribution >= 0.6 is 0 Å². The number of hydrogen-bond acceptors (Lipinski definition) is 3.